The number of hydrogen-bond donors (Lipinski definition) is 0. The molecule has 1 atom stereocenters. The van der Waals surface area contributed by atoms with Crippen molar-refractivity contribution in [2.24, 2.45) is 0 Å². The highest BCUT2D eigenvalue weighted by molar-refractivity contribution is 9.10. The van der Waals surface area contributed by atoms with Crippen molar-refractivity contribution < 1.29 is 4.21 Å². The third-order valence-corrected chi connectivity index (χ3v) is 7.64. The van der Waals surface area contributed by atoms with Crippen LogP contribution >= 0.6 is 15.9 Å². The maximum Gasteiger partial charge on any atom is 0.129 e. The van der Waals surface area contributed by atoms with Crippen LogP contribution in [0.3, 0.4) is 0 Å². The summed E-state index contributed by atoms with van der Waals surface area (Å²) in [6, 6.07) is 10.3. The lowest BCUT2D eigenvalue weighted by atomic mass is 10.0. The molecular weight excluding hydrogens is 360 g/mol. The molecule has 1 aliphatic rings. The van der Waals surface area contributed by atoms with Crippen LogP contribution in [0.2, 0.25) is 0 Å². The van der Waals surface area contributed by atoms with Crippen LogP contribution < -0.4 is 4.90 Å². The second-order valence-corrected chi connectivity index (χ2v) is 8.66. The van der Waals surface area contributed by atoms with Crippen molar-refractivity contribution in [1.29, 1.82) is 0 Å². The minimum atomic E-state index is -0.741. The first-order valence-corrected chi connectivity index (χ1v) is 9.89. The Morgan fingerprint density at radius 1 is 1.27 bits per heavy atom. The van der Waals surface area contributed by atoms with Gasteiger partial charge in [0.15, 0.2) is 0 Å². The molecule has 0 bridgehead atoms. The molecule has 1 unspecified atom stereocenters. The van der Waals surface area contributed by atoms with Crippen LogP contribution in [0.1, 0.15) is 26.7 Å². The van der Waals surface area contributed by atoms with E-state index < -0.39 is 10.8 Å². The zero-order chi connectivity index (χ0) is 15.7. The third-order valence-electron chi connectivity index (χ3n) is 4.78. The maximum absolute atomic E-state index is 12.5. The van der Waals surface area contributed by atoms with Gasteiger partial charge in [0, 0.05) is 39.5 Å². The number of pyridine rings is 1. The molecular formula is C17H21BrN2OS. The van der Waals surface area contributed by atoms with Gasteiger partial charge in [0.05, 0.1) is 10.3 Å². The van der Waals surface area contributed by atoms with E-state index in [1.165, 1.54) is 0 Å². The standard InChI is InChI=1S/C17H21BrN2OS/c1-3-17(4-2)12-20(10-11-22(17)21)15-9-8-13-6-5-7-14(18)16(13)19-15/h5-9H,3-4,10-12H2,1-2H3. The molecule has 0 amide bonds. The van der Waals surface area contributed by atoms with Gasteiger partial charge in [-0.25, -0.2) is 4.98 Å². The normalized spacial score (nSPS) is 21.2. The van der Waals surface area contributed by atoms with Crippen molar-refractivity contribution in [2.45, 2.75) is 31.4 Å². The van der Waals surface area contributed by atoms with Crippen molar-refractivity contribution in [1.82, 2.24) is 4.98 Å². The van der Waals surface area contributed by atoms with E-state index >= 15 is 0 Å². The molecule has 1 fully saturated rings. The minimum Gasteiger partial charge on any atom is -0.354 e. The number of rotatable bonds is 3. The summed E-state index contributed by atoms with van der Waals surface area (Å²) < 4.78 is 13.4. The van der Waals surface area contributed by atoms with Crippen LogP contribution in [0, 0.1) is 0 Å². The van der Waals surface area contributed by atoms with Crippen molar-refractivity contribution >= 4 is 43.5 Å². The molecule has 2 heterocycles. The van der Waals surface area contributed by atoms with Gasteiger partial charge < -0.3 is 4.90 Å². The van der Waals surface area contributed by atoms with Crippen molar-refractivity contribution in [3.05, 3.63) is 34.8 Å². The molecule has 1 saturated heterocycles. The summed E-state index contributed by atoms with van der Waals surface area (Å²) in [6.45, 7) is 5.94. The summed E-state index contributed by atoms with van der Waals surface area (Å²) in [5, 5.41) is 1.14. The minimum absolute atomic E-state index is 0.0944. The van der Waals surface area contributed by atoms with Gasteiger partial charge in [0.25, 0.3) is 0 Å². The fourth-order valence-corrected chi connectivity index (χ4v) is 5.41. The van der Waals surface area contributed by atoms with Gasteiger partial charge in [-0.3, -0.25) is 4.21 Å². The second kappa shape index (κ2) is 6.28. The van der Waals surface area contributed by atoms with Crippen molar-refractivity contribution in [3.63, 3.8) is 0 Å². The highest BCUT2D eigenvalue weighted by Gasteiger charge is 2.39. The number of aromatic nitrogens is 1. The first-order chi connectivity index (χ1) is 10.6. The average Bonchev–Trinajstić information content (AvgIpc) is 2.56. The molecule has 1 aromatic carbocycles. The monoisotopic (exact) mass is 380 g/mol. The van der Waals surface area contributed by atoms with E-state index in [0.29, 0.717) is 0 Å². The molecule has 5 heteroatoms. The molecule has 0 radical (unpaired) electrons. The quantitative estimate of drug-likeness (QED) is 0.802. The summed E-state index contributed by atoms with van der Waals surface area (Å²) in [5.41, 5.74) is 0.991. The Balaban J connectivity index is 1.97. The van der Waals surface area contributed by atoms with Crippen LogP contribution in [0.15, 0.2) is 34.8 Å². The van der Waals surface area contributed by atoms with Gasteiger partial charge in [0.2, 0.25) is 0 Å². The first kappa shape index (κ1) is 15.9. The van der Waals surface area contributed by atoms with Crippen LogP contribution in [0.25, 0.3) is 10.9 Å². The van der Waals surface area contributed by atoms with Gasteiger partial charge in [-0.2, -0.15) is 0 Å². The Labute approximate surface area is 142 Å². The molecule has 0 spiro atoms. The molecule has 0 saturated carbocycles. The highest BCUT2D eigenvalue weighted by Crippen LogP contribution is 2.32. The van der Waals surface area contributed by atoms with Gasteiger partial charge in [-0.05, 0) is 47.0 Å². The predicted octanol–water partition coefficient (Wildman–Crippen LogP) is 4.12. The summed E-state index contributed by atoms with van der Waals surface area (Å²) in [5.74, 6) is 1.72. The molecule has 22 heavy (non-hydrogen) atoms. The lowest BCUT2D eigenvalue weighted by Gasteiger charge is -2.41. The zero-order valence-electron chi connectivity index (χ0n) is 13.0. The molecule has 0 N–H and O–H groups in total. The van der Waals surface area contributed by atoms with E-state index in [9.17, 15) is 4.21 Å². The largest absolute Gasteiger partial charge is 0.354 e. The number of fused-ring (bicyclic) bond motifs is 1. The summed E-state index contributed by atoms with van der Waals surface area (Å²) in [6.07, 6.45) is 1.90. The molecule has 118 valence electrons. The van der Waals surface area contributed by atoms with Crippen LogP contribution in [-0.2, 0) is 10.8 Å². The SMILES string of the molecule is CCC1(CC)CN(c2ccc3cccc(Br)c3n2)CCS1=O. The second-order valence-electron chi connectivity index (χ2n) is 5.84. The molecule has 3 nitrogen and oxygen atoms in total. The molecule has 2 aromatic rings. The van der Waals surface area contributed by atoms with E-state index in [4.69, 9.17) is 4.98 Å². The lowest BCUT2D eigenvalue weighted by molar-refractivity contribution is 0.494. The van der Waals surface area contributed by atoms with Crippen LogP contribution in [-0.4, -0.2) is 32.8 Å². The van der Waals surface area contributed by atoms with Crippen LogP contribution in [0.5, 0.6) is 0 Å². The van der Waals surface area contributed by atoms with E-state index in [1.807, 2.05) is 12.1 Å². The number of nitrogens with zero attached hydrogens (tertiary/aromatic N) is 2. The fraction of sp³-hybridized carbons (Fsp3) is 0.471. The predicted molar refractivity (Wildman–Crippen MR) is 98.0 cm³/mol. The summed E-state index contributed by atoms with van der Waals surface area (Å²) in [7, 11) is -0.741. The van der Waals surface area contributed by atoms with Crippen molar-refractivity contribution in [3.8, 4) is 0 Å². The van der Waals surface area contributed by atoms with E-state index in [-0.39, 0.29) is 4.75 Å². The number of halogens is 1. The van der Waals surface area contributed by atoms with E-state index in [1.54, 1.807) is 0 Å². The highest BCUT2D eigenvalue weighted by atomic mass is 79.9. The molecule has 1 aliphatic heterocycles. The summed E-state index contributed by atoms with van der Waals surface area (Å²) in [4.78, 5) is 7.14. The smallest absolute Gasteiger partial charge is 0.129 e. The maximum atomic E-state index is 12.5. The number of benzene rings is 1. The topological polar surface area (TPSA) is 33.2 Å². The third kappa shape index (κ3) is 2.69. The fourth-order valence-electron chi connectivity index (χ4n) is 3.18. The number of anilines is 1. The lowest BCUT2D eigenvalue weighted by Crippen LogP contribution is -2.53. The molecule has 1 aromatic heterocycles. The van der Waals surface area contributed by atoms with Gasteiger partial charge in [0.1, 0.15) is 5.82 Å². The van der Waals surface area contributed by atoms with E-state index in [2.05, 4.69) is 52.9 Å². The number of hydrogen-bond acceptors (Lipinski definition) is 3. The Morgan fingerprint density at radius 2 is 2.05 bits per heavy atom. The Hall–Kier alpha value is -0.940. The molecule has 3 rings (SSSR count). The summed E-state index contributed by atoms with van der Waals surface area (Å²) >= 11 is 3.58. The average molecular weight is 381 g/mol. The van der Waals surface area contributed by atoms with Crippen molar-refractivity contribution in [2.75, 3.05) is 23.7 Å². The molecule has 0 aliphatic carbocycles. The Kier molecular flexibility index (Phi) is 4.55. The van der Waals surface area contributed by atoms with Gasteiger partial charge in [-0.15, -0.1) is 0 Å². The Morgan fingerprint density at radius 3 is 2.77 bits per heavy atom. The first-order valence-electron chi connectivity index (χ1n) is 7.78. The van der Waals surface area contributed by atoms with Crippen LogP contribution in [0.4, 0.5) is 5.82 Å². The van der Waals surface area contributed by atoms with Gasteiger partial charge in [-0.1, -0.05) is 26.0 Å². The zero-order valence-corrected chi connectivity index (χ0v) is 15.4. The van der Waals surface area contributed by atoms with Gasteiger partial charge >= 0.3 is 0 Å². The number of para-hydroxylation sites is 1. The Bertz CT molecular complexity index is 715. The van der Waals surface area contributed by atoms with E-state index in [0.717, 1.165) is 52.9 Å².